The Morgan fingerprint density at radius 1 is 1.44 bits per heavy atom. The molecule has 1 saturated carbocycles. The van der Waals surface area contributed by atoms with Crippen molar-refractivity contribution < 1.29 is 13.9 Å². The van der Waals surface area contributed by atoms with Crippen LogP contribution in [0.25, 0.3) is 0 Å². The molecule has 0 bridgehead atoms. The Balaban J connectivity index is 1.65. The molecule has 0 aromatic carbocycles. The average molecular weight is 410 g/mol. The van der Waals surface area contributed by atoms with E-state index in [0.29, 0.717) is 11.4 Å². The maximum Gasteiger partial charge on any atom is 0.283 e. The Bertz CT molecular complexity index is 986. The maximum absolute atomic E-state index is 14.5. The minimum atomic E-state index is -0.964. The van der Waals surface area contributed by atoms with Gasteiger partial charge in [0.1, 0.15) is 34.7 Å². The van der Waals surface area contributed by atoms with Gasteiger partial charge in [-0.25, -0.2) is 19.4 Å². The molecule has 1 amide bonds. The van der Waals surface area contributed by atoms with E-state index in [0.717, 1.165) is 0 Å². The summed E-state index contributed by atoms with van der Waals surface area (Å²) in [6.07, 6.45) is 1.92. The zero-order valence-corrected chi connectivity index (χ0v) is 15.6. The lowest BCUT2D eigenvalue weighted by molar-refractivity contribution is 0.102. The summed E-state index contributed by atoms with van der Waals surface area (Å²) < 4.78 is 19.9. The number of ether oxygens (including phenoxy) is 1. The van der Waals surface area contributed by atoms with Crippen molar-refractivity contribution in [3.63, 3.8) is 0 Å². The lowest BCUT2D eigenvalue weighted by Crippen LogP contribution is -2.36. The van der Waals surface area contributed by atoms with E-state index >= 15 is 0 Å². The molecule has 3 N–H and O–H groups in total. The number of nitrogens with zero attached hydrogens (tertiary/aromatic N) is 3. The molecule has 27 heavy (non-hydrogen) atoms. The molecule has 0 spiro atoms. The van der Waals surface area contributed by atoms with Gasteiger partial charge < -0.3 is 15.8 Å². The summed E-state index contributed by atoms with van der Waals surface area (Å²) in [6.45, 7) is 1.75. The molecular formula is C17H14Cl2FN5O2. The average Bonchev–Trinajstić information content (AvgIpc) is 3.36. The third-order valence-electron chi connectivity index (χ3n) is 4.66. The minimum absolute atomic E-state index is 0.00374. The van der Waals surface area contributed by atoms with Crippen LogP contribution < -0.4 is 11.1 Å². The number of hydrogen-bond acceptors (Lipinski definition) is 6. The zero-order chi connectivity index (χ0) is 19.3. The molecule has 2 aliphatic rings. The van der Waals surface area contributed by atoms with E-state index in [1.54, 1.807) is 6.92 Å². The van der Waals surface area contributed by atoms with Gasteiger partial charge in [0.25, 0.3) is 11.9 Å². The summed E-state index contributed by atoms with van der Waals surface area (Å²) in [5.74, 6) is -1.01. The summed E-state index contributed by atoms with van der Waals surface area (Å²) in [7, 11) is 0. The molecule has 0 saturated heterocycles. The molecule has 140 valence electrons. The fourth-order valence-corrected chi connectivity index (χ4v) is 3.71. The highest BCUT2D eigenvalue weighted by molar-refractivity contribution is 6.36. The van der Waals surface area contributed by atoms with E-state index in [2.05, 4.69) is 20.3 Å². The molecular weight excluding hydrogens is 396 g/mol. The first-order valence-corrected chi connectivity index (χ1v) is 8.85. The van der Waals surface area contributed by atoms with Crippen LogP contribution in [0.4, 0.5) is 10.2 Å². The molecule has 2 aromatic heterocycles. The molecule has 7 nitrogen and oxygen atoms in total. The lowest BCUT2D eigenvalue weighted by atomic mass is 9.90. The number of hydrogen-bond donors (Lipinski definition) is 2. The number of carbonyl (C=O) groups excluding carboxylic acids is 1. The number of aliphatic imine (C=N–C) groups is 1. The van der Waals surface area contributed by atoms with Gasteiger partial charge in [0.15, 0.2) is 0 Å². The number of nitrogens with one attached hydrogen (secondary N) is 1. The Morgan fingerprint density at radius 3 is 2.96 bits per heavy atom. The number of amidine groups is 1. The normalized spacial score (nSPS) is 25.9. The van der Waals surface area contributed by atoms with Gasteiger partial charge in [-0.1, -0.05) is 23.2 Å². The van der Waals surface area contributed by atoms with Crippen LogP contribution in [0.15, 0.2) is 29.4 Å². The van der Waals surface area contributed by atoms with Crippen molar-refractivity contribution in [1.29, 1.82) is 0 Å². The van der Waals surface area contributed by atoms with E-state index in [1.807, 2.05) is 0 Å². The number of aromatic nitrogens is 2. The summed E-state index contributed by atoms with van der Waals surface area (Å²) in [5, 5.41) is 2.96. The predicted molar refractivity (Wildman–Crippen MR) is 98.4 cm³/mol. The van der Waals surface area contributed by atoms with Gasteiger partial charge in [-0.2, -0.15) is 0 Å². The third kappa shape index (κ3) is 3.19. The van der Waals surface area contributed by atoms with Crippen LogP contribution in [0.1, 0.15) is 29.5 Å². The molecule has 1 aliphatic heterocycles. The van der Waals surface area contributed by atoms with Gasteiger partial charge in [0.2, 0.25) is 0 Å². The second kappa shape index (κ2) is 6.31. The molecule has 3 atom stereocenters. The van der Waals surface area contributed by atoms with Crippen LogP contribution in [0.3, 0.4) is 0 Å². The Morgan fingerprint density at radius 2 is 2.22 bits per heavy atom. The predicted octanol–water partition coefficient (Wildman–Crippen LogP) is 3.12. The molecule has 1 fully saturated rings. The first-order valence-electron chi connectivity index (χ1n) is 8.09. The number of carbonyl (C=O) groups is 1. The number of anilines is 1. The summed E-state index contributed by atoms with van der Waals surface area (Å²) in [5.41, 5.74) is 4.82. The highest BCUT2D eigenvalue weighted by atomic mass is 35.5. The van der Waals surface area contributed by atoms with Gasteiger partial charge in [-0.3, -0.25) is 4.79 Å². The van der Waals surface area contributed by atoms with Gasteiger partial charge in [-0.15, -0.1) is 0 Å². The summed E-state index contributed by atoms with van der Waals surface area (Å²) in [6, 6.07) is 3.98. The van der Waals surface area contributed by atoms with Crippen molar-refractivity contribution >= 4 is 40.9 Å². The first-order chi connectivity index (χ1) is 12.8. The third-order valence-corrected chi connectivity index (χ3v) is 5.15. The van der Waals surface area contributed by atoms with Gasteiger partial charge in [-0.05, 0) is 31.5 Å². The van der Waals surface area contributed by atoms with E-state index < -0.39 is 17.3 Å². The highest BCUT2D eigenvalue weighted by Crippen LogP contribution is 2.52. The number of nitrogens with two attached hydrogens (primary N) is 1. The minimum Gasteiger partial charge on any atom is -0.462 e. The Hall–Kier alpha value is -2.45. The molecule has 2 aromatic rings. The van der Waals surface area contributed by atoms with E-state index in [1.165, 1.54) is 24.4 Å². The van der Waals surface area contributed by atoms with E-state index in [4.69, 9.17) is 33.7 Å². The second-order valence-electron chi connectivity index (χ2n) is 6.56. The number of pyridine rings is 2. The van der Waals surface area contributed by atoms with Crippen molar-refractivity contribution in [2.75, 3.05) is 5.32 Å². The Labute approximate surface area is 163 Å². The lowest BCUT2D eigenvalue weighted by Gasteiger charge is -2.29. The molecule has 1 aliphatic carbocycles. The first kappa shape index (κ1) is 17.9. The van der Waals surface area contributed by atoms with Gasteiger partial charge in [0.05, 0.1) is 10.0 Å². The number of rotatable bonds is 3. The number of fused-ring (bicyclic) bond motifs is 1. The van der Waals surface area contributed by atoms with Gasteiger partial charge in [0, 0.05) is 12.1 Å². The quantitative estimate of drug-likeness (QED) is 0.810. The monoisotopic (exact) mass is 409 g/mol. The van der Waals surface area contributed by atoms with E-state index in [-0.39, 0.29) is 40.3 Å². The number of halogens is 3. The smallest absolute Gasteiger partial charge is 0.283 e. The van der Waals surface area contributed by atoms with Crippen molar-refractivity contribution in [2.45, 2.75) is 25.0 Å². The molecule has 10 heteroatoms. The van der Waals surface area contributed by atoms with E-state index in [9.17, 15) is 9.18 Å². The fraction of sp³-hybridized carbons (Fsp3) is 0.294. The summed E-state index contributed by atoms with van der Waals surface area (Å²) >= 11 is 11.8. The Kier molecular flexibility index (Phi) is 4.20. The molecule has 4 rings (SSSR count). The molecule has 3 heterocycles. The van der Waals surface area contributed by atoms with Crippen LogP contribution in [-0.4, -0.2) is 28.0 Å². The van der Waals surface area contributed by atoms with Crippen molar-refractivity contribution in [1.82, 2.24) is 9.97 Å². The molecule has 0 unspecified atom stereocenters. The van der Waals surface area contributed by atoms with Crippen molar-refractivity contribution in [3.8, 4) is 0 Å². The fourth-order valence-electron chi connectivity index (χ4n) is 3.24. The van der Waals surface area contributed by atoms with Crippen LogP contribution in [0, 0.1) is 11.7 Å². The van der Waals surface area contributed by atoms with Crippen LogP contribution in [0.5, 0.6) is 0 Å². The van der Waals surface area contributed by atoms with Gasteiger partial charge >= 0.3 is 0 Å². The summed E-state index contributed by atoms with van der Waals surface area (Å²) in [4.78, 5) is 24.9. The standard InChI is InChI=1S/C17H14Cl2FN5O2/c1-17(8-5-11(8)27-16(21)25-17)14-10(20)2-3-12(23-14)24-15(26)13-9(19)4-7(18)6-22-13/h2-4,6,8,11H,5H2,1H3,(H2,21,25)(H,23,24,26)/t8-,11+,17+/m0/s1. The molecule has 0 radical (unpaired) electrons. The maximum atomic E-state index is 14.5. The van der Waals surface area contributed by atoms with Crippen LogP contribution in [-0.2, 0) is 10.3 Å². The largest absolute Gasteiger partial charge is 0.462 e. The SMILES string of the molecule is C[C@@]1(c2nc(NC(=O)c3ncc(Cl)cc3Cl)ccc2F)N=C(N)O[C@@H]2C[C@@H]21. The highest BCUT2D eigenvalue weighted by Gasteiger charge is 2.58. The topological polar surface area (TPSA) is 102 Å². The zero-order valence-electron chi connectivity index (χ0n) is 14.0. The number of amides is 1. The van der Waals surface area contributed by atoms with Crippen molar-refractivity contribution in [3.05, 3.63) is 51.6 Å². The van der Waals surface area contributed by atoms with Crippen LogP contribution >= 0.6 is 23.2 Å². The second-order valence-corrected chi connectivity index (χ2v) is 7.40. The van der Waals surface area contributed by atoms with Crippen LogP contribution in [0.2, 0.25) is 10.0 Å². The van der Waals surface area contributed by atoms with Crippen molar-refractivity contribution in [2.24, 2.45) is 16.6 Å².